The van der Waals surface area contributed by atoms with Gasteiger partial charge < -0.3 is 11.1 Å². The first-order valence-electron chi connectivity index (χ1n) is 7.60. The molecule has 1 aromatic rings. The van der Waals surface area contributed by atoms with Crippen LogP contribution in [0.15, 0.2) is 30.3 Å². The maximum atomic E-state index is 12.3. The molecule has 7 heteroatoms. The van der Waals surface area contributed by atoms with Gasteiger partial charge >= 0.3 is 0 Å². The fourth-order valence-corrected chi connectivity index (χ4v) is 2.92. The minimum absolute atomic E-state index is 0.0242. The standard InChI is InChI=1S/C15H23N5O2/c1-19-13(7-14(16)22-19)15(21)18-12-8-17-20(10-12)9-11-5-3-2-4-6-11/h2-6,12-14,17H,7-10,16H2,1H3,(H,18,21). The molecule has 0 aromatic heterocycles. The number of hydroxylamine groups is 2. The summed E-state index contributed by atoms with van der Waals surface area (Å²) in [5.74, 6) is -0.0242. The van der Waals surface area contributed by atoms with Gasteiger partial charge in [-0.3, -0.25) is 15.1 Å². The van der Waals surface area contributed by atoms with Crippen molar-refractivity contribution in [3.8, 4) is 0 Å². The topological polar surface area (TPSA) is 82.9 Å². The molecule has 2 fully saturated rings. The Morgan fingerprint density at radius 2 is 2.23 bits per heavy atom. The summed E-state index contributed by atoms with van der Waals surface area (Å²) in [6.45, 7) is 2.34. The van der Waals surface area contributed by atoms with E-state index in [0.29, 0.717) is 6.42 Å². The zero-order chi connectivity index (χ0) is 15.5. The Labute approximate surface area is 130 Å². The summed E-state index contributed by atoms with van der Waals surface area (Å²) in [4.78, 5) is 17.6. The van der Waals surface area contributed by atoms with Gasteiger partial charge in [-0.2, -0.15) is 5.06 Å². The van der Waals surface area contributed by atoms with E-state index in [2.05, 4.69) is 27.9 Å². The van der Waals surface area contributed by atoms with Gasteiger partial charge in [-0.1, -0.05) is 30.3 Å². The van der Waals surface area contributed by atoms with Crippen molar-refractivity contribution in [1.29, 1.82) is 0 Å². The van der Waals surface area contributed by atoms with Gasteiger partial charge in [-0.05, 0) is 5.56 Å². The molecule has 0 bridgehead atoms. The monoisotopic (exact) mass is 305 g/mol. The number of hydrogen-bond acceptors (Lipinski definition) is 6. The minimum atomic E-state index is -0.392. The summed E-state index contributed by atoms with van der Waals surface area (Å²) in [5, 5.41) is 6.74. The number of benzene rings is 1. The normalized spacial score (nSPS) is 29.8. The summed E-state index contributed by atoms with van der Waals surface area (Å²) < 4.78 is 0. The fraction of sp³-hybridized carbons (Fsp3) is 0.533. The van der Waals surface area contributed by atoms with Crippen molar-refractivity contribution in [3.63, 3.8) is 0 Å². The average Bonchev–Trinajstić information content (AvgIpc) is 3.06. The Kier molecular flexibility index (Phi) is 4.70. The number of carbonyl (C=O) groups is 1. The van der Waals surface area contributed by atoms with Crippen LogP contribution in [0.2, 0.25) is 0 Å². The van der Waals surface area contributed by atoms with Crippen LogP contribution in [0.3, 0.4) is 0 Å². The minimum Gasteiger partial charge on any atom is -0.349 e. The highest BCUT2D eigenvalue weighted by Crippen LogP contribution is 2.16. The van der Waals surface area contributed by atoms with Gasteiger partial charge in [0.1, 0.15) is 12.3 Å². The zero-order valence-electron chi connectivity index (χ0n) is 12.7. The Hall–Kier alpha value is -1.51. The van der Waals surface area contributed by atoms with E-state index in [1.807, 2.05) is 18.2 Å². The third-order valence-corrected chi connectivity index (χ3v) is 4.06. The van der Waals surface area contributed by atoms with Gasteiger partial charge in [0.2, 0.25) is 5.91 Å². The lowest BCUT2D eigenvalue weighted by Crippen LogP contribution is -2.47. The highest BCUT2D eigenvalue weighted by atomic mass is 16.7. The third kappa shape index (κ3) is 3.63. The lowest BCUT2D eigenvalue weighted by atomic mass is 10.1. The van der Waals surface area contributed by atoms with E-state index in [4.69, 9.17) is 10.6 Å². The first-order valence-corrected chi connectivity index (χ1v) is 7.60. The van der Waals surface area contributed by atoms with Crippen LogP contribution in [0.25, 0.3) is 0 Å². The Morgan fingerprint density at radius 3 is 2.91 bits per heavy atom. The fourth-order valence-electron chi connectivity index (χ4n) is 2.92. The number of carbonyl (C=O) groups excluding carboxylic acids is 1. The number of likely N-dealkylation sites (N-methyl/N-ethyl adjacent to an activating group) is 1. The van der Waals surface area contributed by atoms with E-state index in [1.54, 1.807) is 12.1 Å². The number of hydrogen-bond donors (Lipinski definition) is 3. The predicted molar refractivity (Wildman–Crippen MR) is 82.0 cm³/mol. The van der Waals surface area contributed by atoms with E-state index in [9.17, 15) is 4.79 Å². The molecule has 1 aromatic carbocycles. The molecule has 7 nitrogen and oxygen atoms in total. The molecule has 3 atom stereocenters. The van der Waals surface area contributed by atoms with Gasteiger partial charge in [0.05, 0.1) is 6.04 Å². The second-order valence-corrected chi connectivity index (χ2v) is 5.88. The molecule has 3 rings (SSSR count). The average molecular weight is 305 g/mol. The largest absolute Gasteiger partial charge is 0.349 e. The summed E-state index contributed by atoms with van der Waals surface area (Å²) in [6.07, 6.45) is 0.132. The van der Waals surface area contributed by atoms with E-state index >= 15 is 0 Å². The molecule has 0 spiro atoms. The Balaban J connectivity index is 1.48. The molecule has 22 heavy (non-hydrogen) atoms. The molecule has 1 amide bonds. The van der Waals surface area contributed by atoms with Gasteiger partial charge in [-0.25, -0.2) is 5.01 Å². The van der Waals surface area contributed by atoms with E-state index in [1.165, 1.54) is 5.56 Å². The van der Waals surface area contributed by atoms with Crippen LogP contribution in [0.1, 0.15) is 12.0 Å². The number of nitrogens with one attached hydrogen (secondary N) is 2. The smallest absolute Gasteiger partial charge is 0.240 e. The van der Waals surface area contributed by atoms with Crippen molar-refractivity contribution in [2.75, 3.05) is 20.1 Å². The SMILES string of the molecule is CN1OC(N)CC1C(=O)NC1CNN(Cc2ccccc2)C1. The second-order valence-electron chi connectivity index (χ2n) is 5.88. The number of hydrazine groups is 1. The molecule has 2 heterocycles. The highest BCUT2D eigenvalue weighted by molar-refractivity contribution is 5.82. The van der Waals surface area contributed by atoms with Crippen molar-refractivity contribution < 1.29 is 9.63 Å². The van der Waals surface area contributed by atoms with E-state index in [-0.39, 0.29) is 18.0 Å². The van der Waals surface area contributed by atoms with Crippen LogP contribution < -0.4 is 16.5 Å². The predicted octanol–water partition coefficient (Wildman–Crippen LogP) is -0.588. The van der Waals surface area contributed by atoms with E-state index in [0.717, 1.165) is 19.6 Å². The Bertz CT molecular complexity index is 512. The number of nitrogens with zero attached hydrogens (tertiary/aromatic N) is 2. The van der Waals surface area contributed by atoms with Gasteiger partial charge in [0.15, 0.2) is 0 Å². The maximum absolute atomic E-state index is 12.3. The van der Waals surface area contributed by atoms with Gasteiger partial charge in [0.25, 0.3) is 0 Å². The molecule has 4 N–H and O–H groups in total. The van der Waals surface area contributed by atoms with Crippen molar-refractivity contribution in [3.05, 3.63) is 35.9 Å². The lowest BCUT2D eigenvalue weighted by Gasteiger charge is -2.20. The zero-order valence-corrected chi connectivity index (χ0v) is 12.7. The van der Waals surface area contributed by atoms with Gasteiger partial charge in [0, 0.05) is 33.1 Å². The molecular formula is C15H23N5O2. The first kappa shape index (κ1) is 15.4. The number of rotatable bonds is 4. The van der Waals surface area contributed by atoms with Crippen LogP contribution in [0, 0.1) is 0 Å². The molecule has 2 aliphatic heterocycles. The molecule has 3 unspecified atom stereocenters. The molecule has 120 valence electrons. The number of amides is 1. The van der Waals surface area contributed by atoms with Crippen molar-refractivity contribution in [2.24, 2.45) is 5.73 Å². The van der Waals surface area contributed by atoms with Crippen molar-refractivity contribution in [2.45, 2.75) is 31.3 Å². The first-order chi connectivity index (χ1) is 10.6. The molecule has 0 saturated carbocycles. The Morgan fingerprint density at radius 1 is 1.45 bits per heavy atom. The molecule has 0 radical (unpaired) electrons. The van der Waals surface area contributed by atoms with Crippen molar-refractivity contribution >= 4 is 5.91 Å². The van der Waals surface area contributed by atoms with Crippen LogP contribution >= 0.6 is 0 Å². The van der Waals surface area contributed by atoms with Crippen molar-refractivity contribution in [1.82, 2.24) is 20.8 Å². The van der Waals surface area contributed by atoms with Gasteiger partial charge in [-0.15, -0.1) is 0 Å². The number of nitrogens with two attached hydrogens (primary N) is 1. The highest BCUT2D eigenvalue weighted by Gasteiger charge is 2.35. The maximum Gasteiger partial charge on any atom is 0.240 e. The molecule has 2 saturated heterocycles. The second kappa shape index (κ2) is 6.72. The van der Waals surface area contributed by atoms with E-state index < -0.39 is 6.23 Å². The van der Waals surface area contributed by atoms with Crippen LogP contribution in [-0.4, -0.2) is 54.4 Å². The summed E-state index contributed by atoms with van der Waals surface area (Å²) in [6, 6.07) is 10.1. The van der Waals surface area contributed by atoms with Crippen LogP contribution in [0.4, 0.5) is 0 Å². The quantitative estimate of drug-likeness (QED) is 0.690. The molecule has 0 aliphatic carbocycles. The van der Waals surface area contributed by atoms with Crippen LogP contribution in [0.5, 0.6) is 0 Å². The lowest BCUT2D eigenvalue weighted by molar-refractivity contribution is -0.155. The molecule has 2 aliphatic rings. The van der Waals surface area contributed by atoms with Crippen LogP contribution in [-0.2, 0) is 16.2 Å². The summed E-state index contributed by atoms with van der Waals surface area (Å²) >= 11 is 0. The summed E-state index contributed by atoms with van der Waals surface area (Å²) in [5.41, 5.74) is 10.3. The molecular weight excluding hydrogens is 282 g/mol. The third-order valence-electron chi connectivity index (χ3n) is 4.06. The summed E-state index contributed by atoms with van der Waals surface area (Å²) in [7, 11) is 1.74.